The quantitative estimate of drug-likeness (QED) is 0.676. The molecule has 0 atom stereocenters. The zero-order chi connectivity index (χ0) is 19.6. The Morgan fingerprint density at radius 2 is 1.57 bits per heavy atom. The van der Waals surface area contributed by atoms with E-state index >= 15 is 0 Å². The molecule has 144 valence electrons. The Kier molecular flexibility index (Phi) is 5.06. The number of piperazine rings is 1. The summed E-state index contributed by atoms with van der Waals surface area (Å²) in [5.74, 6) is 0.149. The van der Waals surface area contributed by atoms with E-state index in [0.29, 0.717) is 32.0 Å². The third kappa shape index (κ3) is 3.74. The van der Waals surface area contributed by atoms with Crippen LogP contribution in [0, 0.1) is 5.82 Å². The number of aromatic nitrogens is 2. The summed E-state index contributed by atoms with van der Waals surface area (Å²) in [6.45, 7) is 1.60. The highest BCUT2D eigenvalue weighted by Gasteiger charge is 2.29. The van der Waals surface area contributed by atoms with E-state index in [1.807, 2.05) is 47.4 Å². The molecular weight excluding hydrogens is 379 g/mol. The predicted octanol–water partition coefficient (Wildman–Crippen LogP) is 2.79. The van der Waals surface area contributed by atoms with E-state index in [1.165, 1.54) is 22.5 Å². The van der Waals surface area contributed by atoms with Gasteiger partial charge < -0.3 is 4.90 Å². The second-order valence-corrected chi connectivity index (χ2v) is 8.43. The molecule has 8 heteroatoms. The van der Waals surface area contributed by atoms with Crippen LogP contribution >= 0.6 is 0 Å². The first-order valence-electron chi connectivity index (χ1n) is 8.94. The van der Waals surface area contributed by atoms with Crippen LogP contribution in [0.2, 0.25) is 0 Å². The SMILES string of the molecule is O=S(=O)(c1cccc(F)c1)N1CCN(c2ccc(-c3ccccc3)nn2)CC1. The number of halogens is 1. The fourth-order valence-corrected chi connectivity index (χ4v) is 4.65. The maximum atomic E-state index is 13.4. The number of benzene rings is 2. The van der Waals surface area contributed by atoms with E-state index in [4.69, 9.17) is 0 Å². The topological polar surface area (TPSA) is 66.4 Å². The van der Waals surface area contributed by atoms with Crippen LogP contribution in [0.1, 0.15) is 0 Å². The van der Waals surface area contributed by atoms with Gasteiger partial charge in [-0.25, -0.2) is 12.8 Å². The van der Waals surface area contributed by atoms with Gasteiger partial charge in [-0.1, -0.05) is 36.4 Å². The average molecular weight is 398 g/mol. The number of hydrogen-bond donors (Lipinski definition) is 0. The number of anilines is 1. The third-order valence-corrected chi connectivity index (χ3v) is 6.61. The van der Waals surface area contributed by atoms with Crippen molar-refractivity contribution in [2.24, 2.45) is 0 Å². The van der Waals surface area contributed by atoms with E-state index in [1.54, 1.807) is 0 Å². The first-order valence-corrected chi connectivity index (χ1v) is 10.4. The van der Waals surface area contributed by atoms with Crippen LogP contribution in [0.25, 0.3) is 11.3 Å². The minimum absolute atomic E-state index is 0.0204. The van der Waals surface area contributed by atoms with Crippen LogP contribution in [0.15, 0.2) is 71.6 Å². The van der Waals surface area contributed by atoms with Gasteiger partial charge in [0.2, 0.25) is 10.0 Å². The molecular formula is C20H19FN4O2S. The van der Waals surface area contributed by atoms with E-state index in [2.05, 4.69) is 10.2 Å². The van der Waals surface area contributed by atoms with Gasteiger partial charge in [0, 0.05) is 31.7 Å². The highest BCUT2D eigenvalue weighted by Crippen LogP contribution is 2.22. The van der Waals surface area contributed by atoms with E-state index in [-0.39, 0.29) is 4.90 Å². The molecule has 1 saturated heterocycles. The summed E-state index contributed by atoms with van der Waals surface area (Å²) in [4.78, 5) is 1.98. The molecule has 1 fully saturated rings. The second-order valence-electron chi connectivity index (χ2n) is 6.49. The van der Waals surface area contributed by atoms with E-state index in [9.17, 15) is 12.8 Å². The Bertz CT molecular complexity index is 1050. The van der Waals surface area contributed by atoms with Gasteiger partial charge in [-0.15, -0.1) is 10.2 Å². The standard InChI is InChI=1S/C20H19FN4O2S/c21-17-7-4-8-18(15-17)28(26,27)25-13-11-24(12-14-25)20-10-9-19(22-23-20)16-5-2-1-3-6-16/h1-10,15H,11-14H2. The van der Waals surface area contributed by atoms with Crippen molar-refractivity contribution in [1.82, 2.24) is 14.5 Å². The molecule has 28 heavy (non-hydrogen) atoms. The summed E-state index contributed by atoms with van der Waals surface area (Å²) in [6, 6.07) is 18.7. The van der Waals surface area contributed by atoms with Gasteiger partial charge in [0.15, 0.2) is 5.82 Å². The molecule has 0 aliphatic carbocycles. The number of rotatable bonds is 4. The maximum Gasteiger partial charge on any atom is 0.243 e. The van der Waals surface area contributed by atoms with Crippen molar-refractivity contribution in [2.45, 2.75) is 4.90 Å². The highest BCUT2D eigenvalue weighted by atomic mass is 32.2. The molecule has 0 spiro atoms. The lowest BCUT2D eigenvalue weighted by Gasteiger charge is -2.34. The normalized spacial score (nSPS) is 15.5. The highest BCUT2D eigenvalue weighted by molar-refractivity contribution is 7.89. The minimum Gasteiger partial charge on any atom is -0.352 e. The molecule has 0 radical (unpaired) electrons. The van der Waals surface area contributed by atoms with Gasteiger partial charge in [-0.2, -0.15) is 4.31 Å². The largest absolute Gasteiger partial charge is 0.352 e. The van der Waals surface area contributed by atoms with Crippen LogP contribution in [0.5, 0.6) is 0 Å². The molecule has 0 saturated carbocycles. The van der Waals surface area contributed by atoms with E-state index < -0.39 is 15.8 Å². The van der Waals surface area contributed by atoms with Gasteiger partial charge in [0.1, 0.15) is 5.82 Å². The molecule has 2 aromatic carbocycles. The molecule has 2 heterocycles. The Labute approximate surface area is 163 Å². The molecule has 6 nitrogen and oxygen atoms in total. The van der Waals surface area contributed by atoms with Gasteiger partial charge in [0.05, 0.1) is 10.6 Å². The Morgan fingerprint density at radius 3 is 2.21 bits per heavy atom. The number of nitrogens with zero attached hydrogens (tertiary/aromatic N) is 4. The minimum atomic E-state index is -3.70. The summed E-state index contributed by atoms with van der Waals surface area (Å²) < 4.78 is 40.2. The number of hydrogen-bond acceptors (Lipinski definition) is 5. The van der Waals surface area contributed by atoms with Crippen molar-refractivity contribution in [3.8, 4) is 11.3 Å². The average Bonchev–Trinajstić information content (AvgIpc) is 2.75. The lowest BCUT2D eigenvalue weighted by Crippen LogP contribution is -2.49. The first-order chi connectivity index (χ1) is 13.5. The lowest BCUT2D eigenvalue weighted by molar-refractivity contribution is 0.383. The molecule has 0 N–H and O–H groups in total. The van der Waals surface area contributed by atoms with Crippen LogP contribution in [0.4, 0.5) is 10.2 Å². The zero-order valence-corrected chi connectivity index (χ0v) is 15.9. The molecule has 0 amide bonds. The zero-order valence-electron chi connectivity index (χ0n) is 15.1. The first kappa shape index (κ1) is 18.5. The monoisotopic (exact) mass is 398 g/mol. The summed E-state index contributed by atoms with van der Waals surface area (Å²) in [6.07, 6.45) is 0. The molecule has 0 bridgehead atoms. The maximum absolute atomic E-state index is 13.4. The Hall–Kier alpha value is -2.84. The van der Waals surface area contributed by atoms with Crippen LogP contribution in [0.3, 0.4) is 0 Å². The van der Waals surface area contributed by atoms with Gasteiger partial charge in [0.25, 0.3) is 0 Å². The van der Waals surface area contributed by atoms with Crippen molar-refractivity contribution in [3.63, 3.8) is 0 Å². The van der Waals surface area contributed by atoms with Crippen molar-refractivity contribution >= 4 is 15.8 Å². The smallest absolute Gasteiger partial charge is 0.243 e. The third-order valence-electron chi connectivity index (χ3n) is 4.72. The summed E-state index contributed by atoms with van der Waals surface area (Å²) in [7, 11) is -3.70. The lowest BCUT2D eigenvalue weighted by atomic mass is 10.1. The Morgan fingerprint density at radius 1 is 0.821 bits per heavy atom. The Balaban J connectivity index is 1.44. The molecule has 4 rings (SSSR count). The molecule has 1 aliphatic heterocycles. The molecule has 3 aromatic rings. The second kappa shape index (κ2) is 7.65. The fraction of sp³-hybridized carbons (Fsp3) is 0.200. The van der Waals surface area contributed by atoms with Crippen LogP contribution < -0.4 is 4.90 Å². The molecule has 1 aliphatic rings. The predicted molar refractivity (Wildman–Crippen MR) is 105 cm³/mol. The summed E-state index contributed by atoms with van der Waals surface area (Å²) in [5, 5.41) is 8.58. The van der Waals surface area contributed by atoms with Crippen molar-refractivity contribution in [2.75, 3.05) is 31.1 Å². The van der Waals surface area contributed by atoms with Crippen molar-refractivity contribution in [1.29, 1.82) is 0 Å². The summed E-state index contributed by atoms with van der Waals surface area (Å²) in [5.41, 5.74) is 1.78. The van der Waals surface area contributed by atoms with Crippen LogP contribution in [-0.2, 0) is 10.0 Å². The molecule has 1 aromatic heterocycles. The van der Waals surface area contributed by atoms with Gasteiger partial charge >= 0.3 is 0 Å². The van der Waals surface area contributed by atoms with Crippen molar-refractivity contribution < 1.29 is 12.8 Å². The number of sulfonamides is 1. The van der Waals surface area contributed by atoms with Gasteiger partial charge in [-0.3, -0.25) is 0 Å². The van der Waals surface area contributed by atoms with Gasteiger partial charge in [-0.05, 0) is 30.3 Å². The van der Waals surface area contributed by atoms with E-state index in [0.717, 1.165) is 17.3 Å². The summed E-state index contributed by atoms with van der Waals surface area (Å²) >= 11 is 0. The van der Waals surface area contributed by atoms with Crippen LogP contribution in [-0.4, -0.2) is 49.1 Å². The fourth-order valence-electron chi connectivity index (χ4n) is 3.19. The molecule has 0 unspecified atom stereocenters. The van der Waals surface area contributed by atoms with Crippen molar-refractivity contribution in [3.05, 3.63) is 72.5 Å².